The van der Waals surface area contributed by atoms with Crippen LogP contribution in [0.15, 0.2) is 60.9 Å². The summed E-state index contributed by atoms with van der Waals surface area (Å²) in [5.74, 6) is 1.84. The lowest BCUT2D eigenvalue weighted by atomic mass is 10.3. The average molecular weight is 453 g/mol. The van der Waals surface area contributed by atoms with Crippen molar-refractivity contribution in [3.63, 3.8) is 0 Å². The summed E-state index contributed by atoms with van der Waals surface area (Å²) in [5.41, 5.74) is 0.752. The fourth-order valence-electron chi connectivity index (χ4n) is 3.16. The zero-order valence-electron chi connectivity index (χ0n) is 17.9. The number of anilines is 1. The molecule has 0 aliphatic heterocycles. The van der Waals surface area contributed by atoms with E-state index in [2.05, 4.69) is 5.10 Å². The molecule has 2 heterocycles. The van der Waals surface area contributed by atoms with Crippen LogP contribution in [-0.2, 0) is 11.3 Å². The number of fused-ring (bicyclic) bond motifs is 1. The van der Waals surface area contributed by atoms with Crippen LogP contribution in [0.2, 0.25) is 0 Å². The molecule has 0 unspecified atom stereocenters. The number of aromatic nitrogens is 3. The summed E-state index contributed by atoms with van der Waals surface area (Å²) in [4.78, 5) is 19.5. The highest BCUT2D eigenvalue weighted by molar-refractivity contribution is 7.22. The summed E-state index contributed by atoms with van der Waals surface area (Å²) >= 11 is 1.45. The largest absolute Gasteiger partial charge is 0.497 e. The van der Waals surface area contributed by atoms with Gasteiger partial charge < -0.3 is 14.2 Å². The number of benzene rings is 2. The van der Waals surface area contributed by atoms with Gasteiger partial charge in [-0.1, -0.05) is 17.4 Å². The Labute approximate surface area is 190 Å². The van der Waals surface area contributed by atoms with Gasteiger partial charge in [-0.05, 0) is 49.4 Å². The van der Waals surface area contributed by atoms with Crippen molar-refractivity contribution in [1.29, 1.82) is 0 Å². The van der Waals surface area contributed by atoms with Crippen molar-refractivity contribution < 1.29 is 19.0 Å². The van der Waals surface area contributed by atoms with Crippen LogP contribution in [0.1, 0.15) is 6.92 Å². The molecule has 0 radical (unpaired) electrons. The molecular weight excluding hydrogens is 428 g/mol. The Morgan fingerprint density at radius 2 is 1.91 bits per heavy atom. The number of rotatable bonds is 10. The number of nitrogens with zero attached hydrogens (tertiary/aromatic N) is 4. The number of thiazole rings is 1. The van der Waals surface area contributed by atoms with Gasteiger partial charge in [0.25, 0.3) is 5.91 Å². The maximum Gasteiger partial charge on any atom is 0.266 e. The second-order valence-electron chi connectivity index (χ2n) is 6.81. The van der Waals surface area contributed by atoms with E-state index in [0.717, 1.165) is 16.0 Å². The van der Waals surface area contributed by atoms with Crippen LogP contribution in [0.25, 0.3) is 10.2 Å². The molecule has 0 bridgehead atoms. The predicted octanol–water partition coefficient (Wildman–Crippen LogP) is 4.01. The van der Waals surface area contributed by atoms with Crippen molar-refractivity contribution in [3.8, 4) is 17.2 Å². The van der Waals surface area contributed by atoms with Gasteiger partial charge >= 0.3 is 0 Å². The smallest absolute Gasteiger partial charge is 0.266 e. The van der Waals surface area contributed by atoms with Crippen molar-refractivity contribution in [2.75, 3.05) is 31.8 Å². The van der Waals surface area contributed by atoms with E-state index in [9.17, 15) is 4.79 Å². The molecule has 0 aliphatic rings. The first-order valence-corrected chi connectivity index (χ1v) is 11.1. The summed E-state index contributed by atoms with van der Waals surface area (Å²) in [6.07, 6.45) is 3.58. The van der Waals surface area contributed by atoms with Crippen LogP contribution in [-0.4, -0.2) is 47.5 Å². The average Bonchev–Trinajstić information content (AvgIpc) is 3.49. The van der Waals surface area contributed by atoms with E-state index in [0.29, 0.717) is 36.3 Å². The topological polar surface area (TPSA) is 78.7 Å². The number of carbonyl (C=O) groups is 1. The lowest BCUT2D eigenvalue weighted by Gasteiger charge is -2.20. The Kier molecular flexibility index (Phi) is 6.86. The SMILES string of the molecule is CCOc1cccc2sc(N(CCn3cccn3)C(=O)COc3ccc(OC)cc3)nc12. The first-order valence-electron chi connectivity index (χ1n) is 10.2. The Hall–Kier alpha value is -3.59. The molecule has 0 saturated heterocycles. The Morgan fingerprint density at radius 3 is 2.62 bits per heavy atom. The summed E-state index contributed by atoms with van der Waals surface area (Å²) in [5, 5.41) is 4.83. The molecular formula is C23H24N4O4S. The van der Waals surface area contributed by atoms with Crippen LogP contribution >= 0.6 is 11.3 Å². The molecule has 0 N–H and O–H groups in total. The second-order valence-corrected chi connectivity index (χ2v) is 7.82. The molecule has 0 aliphatic carbocycles. The number of hydrogen-bond donors (Lipinski definition) is 0. The van der Waals surface area contributed by atoms with Crippen LogP contribution < -0.4 is 19.1 Å². The fraction of sp³-hybridized carbons (Fsp3) is 0.261. The summed E-state index contributed by atoms with van der Waals surface area (Å²) < 4.78 is 19.3. The second kappa shape index (κ2) is 10.1. The molecule has 9 heteroatoms. The van der Waals surface area contributed by atoms with Crippen LogP contribution in [0, 0.1) is 0 Å². The molecule has 0 saturated carbocycles. The lowest BCUT2D eigenvalue weighted by Crippen LogP contribution is -2.37. The Morgan fingerprint density at radius 1 is 1.09 bits per heavy atom. The number of ether oxygens (including phenoxy) is 3. The van der Waals surface area contributed by atoms with Gasteiger partial charge in [0.05, 0.1) is 25.0 Å². The lowest BCUT2D eigenvalue weighted by molar-refractivity contribution is -0.120. The van der Waals surface area contributed by atoms with Crippen molar-refractivity contribution >= 4 is 32.6 Å². The number of methoxy groups -OCH3 is 1. The van der Waals surface area contributed by atoms with Crippen LogP contribution in [0.3, 0.4) is 0 Å². The van der Waals surface area contributed by atoms with Gasteiger partial charge in [0.15, 0.2) is 11.7 Å². The van der Waals surface area contributed by atoms with Gasteiger partial charge in [-0.15, -0.1) is 0 Å². The van der Waals surface area contributed by atoms with Crippen molar-refractivity contribution in [2.24, 2.45) is 0 Å². The van der Waals surface area contributed by atoms with Gasteiger partial charge in [0.1, 0.15) is 22.8 Å². The molecule has 32 heavy (non-hydrogen) atoms. The molecule has 4 aromatic rings. The minimum Gasteiger partial charge on any atom is -0.497 e. The summed E-state index contributed by atoms with van der Waals surface area (Å²) in [6.45, 7) is 3.32. The van der Waals surface area contributed by atoms with E-state index in [1.54, 1.807) is 47.2 Å². The molecule has 0 atom stereocenters. The fourth-order valence-corrected chi connectivity index (χ4v) is 4.18. The standard InChI is InChI=1S/C23H24N4O4S/c1-3-30-19-6-4-7-20-22(19)25-23(32-20)27(15-14-26-13-5-12-24-26)21(28)16-31-18-10-8-17(29-2)9-11-18/h4-13H,3,14-16H2,1-2H3. The third-order valence-electron chi connectivity index (χ3n) is 4.74. The summed E-state index contributed by atoms with van der Waals surface area (Å²) in [7, 11) is 1.60. The van der Waals surface area contributed by atoms with Crippen LogP contribution in [0.4, 0.5) is 5.13 Å². The molecule has 166 valence electrons. The molecule has 0 fully saturated rings. The van der Waals surface area contributed by atoms with E-state index < -0.39 is 0 Å². The van der Waals surface area contributed by atoms with Crippen molar-refractivity contribution in [3.05, 3.63) is 60.9 Å². The van der Waals surface area contributed by atoms with Gasteiger partial charge in [0.2, 0.25) is 0 Å². The Bertz CT molecular complexity index is 1160. The highest BCUT2D eigenvalue weighted by atomic mass is 32.1. The van der Waals surface area contributed by atoms with E-state index in [4.69, 9.17) is 19.2 Å². The normalized spacial score (nSPS) is 10.8. The minimum absolute atomic E-state index is 0.111. The Balaban J connectivity index is 1.55. The van der Waals surface area contributed by atoms with Gasteiger partial charge in [-0.3, -0.25) is 14.4 Å². The third-order valence-corrected chi connectivity index (χ3v) is 5.78. The van der Waals surface area contributed by atoms with Gasteiger partial charge in [0, 0.05) is 18.9 Å². The summed E-state index contributed by atoms with van der Waals surface area (Å²) in [6, 6.07) is 14.8. The quantitative estimate of drug-likeness (QED) is 0.362. The molecule has 0 spiro atoms. The minimum atomic E-state index is -0.190. The first-order chi connectivity index (χ1) is 15.7. The van der Waals surface area contributed by atoms with Gasteiger partial charge in [-0.25, -0.2) is 4.98 Å². The number of para-hydroxylation sites is 1. The van der Waals surface area contributed by atoms with Crippen LogP contribution in [0.5, 0.6) is 17.2 Å². The van der Waals surface area contributed by atoms with E-state index >= 15 is 0 Å². The molecule has 1 amide bonds. The molecule has 2 aromatic heterocycles. The number of hydrogen-bond acceptors (Lipinski definition) is 7. The monoisotopic (exact) mass is 452 g/mol. The zero-order chi connectivity index (χ0) is 22.3. The first kappa shape index (κ1) is 21.6. The van der Waals surface area contributed by atoms with E-state index in [-0.39, 0.29) is 12.5 Å². The van der Waals surface area contributed by atoms with E-state index in [1.807, 2.05) is 37.4 Å². The van der Waals surface area contributed by atoms with Gasteiger partial charge in [-0.2, -0.15) is 5.10 Å². The van der Waals surface area contributed by atoms with Crippen molar-refractivity contribution in [1.82, 2.24) is 14.8 Å². The molecule has 4 rings (SSSR count). The predicted molar refractivity (Wildman–Crippen MR) is 124 cm³/mol. The highest BCUT2D eigenvalue weighted by Gasteiger charge is 2.21. The van der Waals surface area contributed by atoms with E-state index in [1.165, 1.54) is 11.3 Å². The molecule has 8 nitrogen and oxygen atoms in total. The van der Waals surface area contributed by atoms with Crippen molar-refractivity contribution in [2.45, 2.75) is 13.5 Å². The third kappa shape index (κ3) is 5.00. The zero-order valence-corrected chi connectivity index (χ0v) is 18.7. The highest BCUT2D eigenvalue weighted by Crippen LogP contribution is 2.34. The molecule has 2 aromatic carbocycles. The maximum atomic E-state index is 13.2. The number of amides is 1. The maximum absolute atomic E-state index is 13.2. The number of carbonyl (C=O) groups excluding carboxylic acids is 1.